The number of nitrogens with zero attached hydrogens (tertiary/aromatic N) is 4. The number of aryl methyl sites for hydroxylation is 3. The molecule has 0 atom stereocenters. The van der Waals surface area contributed by atoms with Gasteiger partial charge < -0.3 is 14.1 Å². The highest BCUT2D eigenvalue weighted by molar-refractivity contribution is 5.98. The second-order valence-corrected chi connectivity index (χ2v) is 7.34. The van der Waals surface area contributed by atoms with E-state index in [1.165, 1.54) is 14.2 Å². The van der Waals surface area contributed by atoms with E-state index in [0.717, 1.165) is 35.1 Å². The fraction of sp³-hybridized carbons (Fsp3) is 0.280. The van der Waals surface area contributed by atoms with Gasteiger partial charge >= 0.3 is 0 Å². The lowest BCUT2D eigenvalue weighted by Crippen LogP contribution is -2.03. The first-order chi connectivity index (χ1) is 16.0. The van der Waals surface area contributed by atoms with Crippen molar-refractivity contribution < 1.29 is 18.5 Å². The van der Waals surface area contributed by atoms with Gasteiger partial charge in [0.25, 0.3) is 5.97 Å². The van der Waals surface area contributed by atoms with E-state index in [1.54, 1.807) is 25.1 Å². The molecule has 0 amide bonds. The molecule has 0 aliphatic rings. The van der Waals surface area contributed by atoms with Crippen molar-refractivity contribution in [1.29, 1.82) is 0 Å². The van der Waals surface area contributed by atoms with Crippen LogP contribution in [0.3, 0.4) is 0 Å². The summed E-state index contributed by atoms with van der Waals surface area (Å²) in [7, 11) is 2.78. The van der Waals surface area contributed by atoms with E-state index in [9.17, 15) is 4.39 Å². The van der Waals surface area contributed by atoms with E-state index in [0.29, 0.717) is 29.6 Å². The number of oxime groups is 1. The van der Waals surface area contributed by atoms with E-state index in [1.807, 2.05) is 25.1 Å². The third-order valence-corrected chi connectivity index (χ3v) is 5.00. The first-order valence-corrected chi connectivity index (χ1v) is 10.4. The number of ether oxygens (including phenoxy) is 1. The molecule has 1 heterocycles. The molecule has 3 rings (SSSR count). The molecule has 2 aromatic carbocycles. The Morgan fingerprint density at radius 1 is 1.18 bits per heavy atom. The van der Waals surface area contributed by atoms with Crippen LogP contribution in [0.2, 0.25) is 0 Å². The van der Waals surface area contributed by atoms with Crippen LogP contribution in [0.4, 0.5) is 10.1 Å². The summed E-state index contributed by atoms with van der Waals surface area (Å²) < 4.78 is 25.3. The van der Waals surface area contributed by atoms with Gasteiger partial charge in [-0.05, 0) is 61.1 Å². The van der Waals surface area contributed by atoms with Crippen molar-refractivity contribution in [3.05, 3.63) is 87.9 Å². The van der Waals surface area contributed by atoms with Crippen molar-refractivity contribution in [2.75, 3.05) is 14.2 Å². The van der Waals surface area contributed by atoms with E-state index in [4.69, 9.17) is 15.8 Å². The maximum Gasteiger partial charge on any atom is 0.260 e. The molecule has 0 N–H and O–H groups in total. The third kappa shape index (κ3) is 5.83. The van der Waals surface area contributed by atoms with Gasteiger partial charge in [-0.3, -0.25) is 0 Å². The molecule has 0 unspecified atom stereocenters. The molecule has 8 heteroatoms. The summed E-state index contributed by atoms with van der Waals surface area (Å²) in [6, 6.07) is 10.9. The van der Waals surface area contributed by atoms with Gasteiger partial charge in [0.1, 0.15) is 12.9 Å². The Hall–Kier alpha value is -3.99. The molecular weight excluding hydrogens is 423 g/mol. The van der Waals surface area contributed by atoms with E-state index in [2.05, 4.69) is 31.1 Å². The van der Waals surface area contributed by atoms with Crippen LogP contribution in [0.5, 0.6) is 5.75 Å². The minimum Gasteiger partial charge on any atom is -0.496 e. The Morgan fingerprint density at radius 3 is 2.55 bits per heavy atom. The van der Waals surface area contributed by atoms with Crippen LogP contribution in [0.25, 0.3) is 10.4 Å². The van der Waals surface area contributed by atoms with Crippen LogP contribution < -0.4 is 4.74 Å². The van der Waals surface area contributed by atoms with Crippen LogP contribution in [0.1, 0.15) is 46.8 Å². The quantitative estimate of drug-likeness (QED) is 0.174. The summed E-state index contributed by atoms with van der Waals surface area (Å²) >= 11 is 0. The Balaban J connectivity index is 2.00. The predicted octanol–water partition coefficient (Wildman–Crippen LogP) is 5.98. The summed E-state index contributed by atoms with van der Waals surface area (Å²) in [6.07, 6.45) is 4.28. The Morgan fingerprint density at radius 2 is 1.94 bits per heavy atom. The molecule has 1 aromatic heterocycles. The molecule has 7 nitrogen and oxygen atoms in total. The number of benzene rings is 2. The van der Waals surface area contributed by atoms with Crippen LogP contribution in [-0.2, 0) is 11.3 Å². The van der Waals surface area contributed by atoms with Crippen LogP contribution >= 0.6 is 0 Å². The van der Waals surface area contributed by atoms with Gasteiger partial charge in [0, 0.05) is 6.42 Å². The molecule has 170 valence electrons. The predicted molar refractivity (Wildman–Crippen MR) is 124 cm³/mol. The first kappa shape index (κ1) is 23.7. The maximum atomic E-state index is 14.7. The number of allylic oxidation sites excluding steroid dienone is 1. The largest absolute Gasteiger partial charge is 0.496 e. The van der Waals surface area contributed by atoms with Crippen LogP contribution in [-0.4, -0.2) is 30.3 Å². The number of halogens is 1. The van der Waals surface area contributed by atoms with Gasteiger partial charge in [-0.2, -0.15) is 9.37 Å². The van der Waals surface area contributed by atoms with Crippen molar-refractivity contribution in [2.24, 2.45) is 5.16 Å². The molecular formula is C25H25FN4O3. The molecule has 0 aliphatic carbocycles. The minimum absolute atomic E-state index is 0.208. The maximum absolute atomic E-state index is 14.7. The van der Waals surface area contributed by atoms with Gasteiger partial charge in [0.2, 0.25) is 5.89 Å². The SMILES string of the molecule is [C-]#[N+]c1ccc(/C(=C/CCCc2nc(C)no2)c2cc(C)c(OC)c(/C(F)=N/OC)c2)cc1. The molecule has 0 aliphatic heterocycles. The van der Waals surface area contributed by atoms with E-state index in [-0.39, 0.29) is 5.56 Å². The average molecular weight is 448 g/mol. The summed E-state index contributed by atoms with van der Waals surface area (Å²) in [6.45, 7) is 10.8. The molecule has 0 fully saturated rings. The van der Waals surface area contributed by atoms with Gasteiger partial charge in [0.15, 0.2) is 11.5 Å². The lowest BCUT2D eigenvalue weighted by Gasteiger charge is -2.15. The summed E-state index contributed by atoms with van der Waals surface area (Å²) in [5.41, 5.74) is 4.14. The fourth-order valence-corrected chi connectivity index (χ4v) is 3.54. The molecule has 0 radical (unpaired) electrons. The highest BCUT2D eigenvalue weighted by Crippen LogP contribution is 2.33. The van der Waals surface area contributed by atoms with Gasteiger partial charge in [-0.1, -0.05) is 40.7 Å². The lowest BCUT2D eigenvalue weighted by atomic mass is 9.93. The van der Waals surface area contributed by atoms with E-state index >= 15 is 0 Å². The van der Waals surface area contributed by atoms with Crippen LogP contribution in [0, 0.1) is 20.4 Å². The molecule has 3 aromatic rings. The molecule has 0 saturated heterocycles. The van der Waals surface area contributed by atoms with Crippen molar-refractivity contribution in [2.45, 2.75) is 33.1 Å². The normalized spacial score (nSPS) is 11.9. The van der Waals surface area contributed by atoms with Crippen molar-refractivity contribution in [3.63, 3.8) is 0 Å². The number of aromatic nitrogens is 2. The lowest BCUT2D eigenvalue weighted by molar-refractivity contribution is 0.209. The Labute approximate surface area is 192 Å². The van der Waals surface area contributed by atoms with Gasteiger partial charge in [0.05, 0.1) is 19.2 Å². The van der Waals surface area contributed by atoms with Crippen molar-refractivity contribution >= 4 is 17.2 Å². The molecule has 0 bridgehead atoms. The van der Waals surface area contributed by atoms with Gasteiger partial charge in [-0.25, -0.2) is 4.85 Å². The molecule has 0 spiro atoms. The smallest absolute Gasteiger partial charge is 0.260 e. The Kier molecular flexibility index (Phi) is 7.92. The van der Waals surface area contributed by atoms with E-state index < -0.39 is 5.97 Å². The molecule has 0 saturated carbocycles. The highest BCUT2D eigenvalue weighted by Gasteiger charge is 2.17. The zero-order valence-electron chi connectivity index (χ0n) is 19.1. The molecule has 33 heavy (non-hydrogen) atoms. The topological polar surface area (TPSA) is 74.1 Å². The summed E-state index contributed by atoms with van der Waals surface area (Å²) in [4.78, 5) is 12.3. The van der Waals surface area contributed by atoms with Gasteiger partial charge in [-0.15, -0.1) is 0 Å². The summed E-state index contributed by atoms with van der Waals surface area (Å²) in [5, 5.41) is 7.26. The van der Waals surface area contributed by atoms with Crippen molar-refractivity contribution in [1.82, 2.24) is 10.1 Å². The Bertz CT molecular complexity index is 1210. The van der Waals surface area contributed by atoms with Crippen LogP contribution in [0.15, 0.2) is 52.2 Å². The van der Waals surface area contributed by atoms with Crippen molar-refractivity contribution in [3.8, 4) is 5.75 Å². The number of hydrogen-bond acceptors (Lipinski definition) is 6. The zero-order chi connectivity index (χ0) is 23.8. The minimum atomic E-state index is -0.770. The average Bonchev–Trinajstić information content (AvgIpc) is 3.23. The second kappa shape index (κ2) is 11.0. The standard InChI is InChI=1S/C25H25FN4O3/c1-16-14-19(15-22(24(16)31-4)25(26)30-32-5)21(18-10-12-20(27-3)13-11-18)8-6-7-9-23-28-17(2)29-33-23/h8,10-15H,6-7,9H2,1-2,4-5H3/b21-8-,30-25-. The highest BCUT2D eigenvalue weighted by atomic mass is 19.1. The number of hydrogen-bond donors (Lipinski definition) is 0. The third-order valence-electron chi connectivity index (χ3n) is 5.00. The number of unbranched alkanes of at least 4 members (excludes halogenated alkanes) is 1. The zero-order valence-corrected chi connectivity index (χ0v) is 19.1. The summed E-state index contributed by atoms with van der Waals surface area (Å²) in [5.74, 6) is 0.840. The number of methoxy groups -OCH3 is 1. The first-order valence-electron chi connectivity index (χ1n) is 10.4. The number of rotatable bonds is 9. The second-order valence-electron chi connectivity index (χ2n) is 7.34. The monoisotopic (exact) mass is 448 g/mol. The fourth-order valence-electron chi connectivity index (χ4n) is 3.54.